The van der Waals surface area contributed by atoms with Crippen LogP contribution in [0.5, 0.6) is 0 Å². The topological polar surface area (TPSA) is 18.5 Å². The molecular formula is C18H31N3S2. The van der Waals surface area contributed by atoms with Gasteiger partial charge in [0.25, 0.3) is 0 Å². The quantitative estimate of drug-likeness (QED) is 0.485. The van der Waals surface area contributed by atoms with Gasteiger partial charge in [-0.25, -0.2) is 0 Å². The number of nitrogens with one attached hydrogen (secondary N) is 1. The monoisotopic (exact) mass is 353 g/mol. The van der Waals surface area contributed by atoms with Gasteiger partial charge in [-0.1, -0.05) is 30.3 Å². The Morgan fingerprint density at radius 1 is 1.09 bits per heavy atom. The van der Waals surface area contributed by atoms with Gasteiger partial charge in [0.15, 0.2) is 5.11 Å². The van der Waals surface area contributed by atoms with Crippen LogP contribution in [0.15, 0.2) is 30.3 Å². The summed E-state index contributed by atoms with van der Waals surface area (Å²) in [4.78, 5) is 4.53. The van der Waals surface area contributed by atoms with Crippen LogP contribution in [0.4, 0.5) is 0 Å². The zero-order chi connectivity index (χ0) is 16.9. The van der Waals surface area contributed by atoms with Gasteiger partial charge in [0.2, 0.25) is 0 Å². The third-order valence-corrected chi connectivity index (χ3v) is 4.74. The number of hydrogen-bond donors (Lipinski definition) is 1. The average molecular weight is 354 g/mol. The van der Waals surface area contributed by atoms with Crippen molar-refractivity contribution in [3.8, 4) is 0 Å². The summed E-state index contributed by atoms with van der Waals surface area (Å²) in [6, 6.07) is 10.7. The largest absolute Gasteiger partial charge is 0.363 e. The van der Waals surface area contributed by atoms with E-state index in [1.807, 2.05) is 11.8 Å². The van der Waals surface area contributed by atoms with Crippen LogP contribution >= 0.6 is 24.0 Å². The third-order valence-electron chi connectivity index (χ3n) is 3.64. The number of hydrogen-bond acceptors (Lipinski definition) is 3. The van der Waals surface area contributed by atoms with Gasteiger partial charge in [-0.15, -0.1) is 0 Å². The van der Waals surface area contributed by atoms with E-state index in [0.717, 1.165) is 50.6 Å². The smallest absolute Gasteiger partial charge is 0.168 e. The third kappa shape index (κ3) is 9.84. The Hall–Kier alpha value is -0.780. The first-order chi connectivity index (χ1) is 11.1. The Balaban J connectivity index is 2.39. The molecule has 1 aromatic rings. The molecule has 23 heavy (non-hydrogen) atoms. The second-order valence-electron chi connectivity index (χ2n) is 5.96. The highest BCUT2D eigenvalue weighted by Crippen LogP contribution is 2.04. The van der Waals surface area contributed by atoms with Crippen molar-refractivity contribution in [2.24, 2.45) is 0 Å². The maximum atomic E-state index is 5.60. The lowest BCUT2D eigenvalue weighted by Crippen LogP contribution is -2.43. The standard InChI is InChI=1S/C18H31N3S2/c1-20(2)14-15-21(18(22)19-12-8-16-23-3)13-7-11-17-9-5-4-6-10-17/h4-6,9-10H,7-8,11-16H2,1-3H3,(H,19,22). The van der Waals surface area contributed by atoms with Crippen LogP contribution in [0.25, 0.3) is 0 Å². The molecule has 0 bridgehead atoms. The van der Waals surface area contributed by atoms with Crippen LogP contribution in [0.3, 0.4) is 0 Å². The lowest BCUT2D eigenvalue weighted by molar-refractivity contribution is 0.324. The molecule has 0 radical (unpaired) electrons. The Morgan fingerprint density at radius 3 is 2.48 bits per heavy atom. The van der Waals surface area contributed by atoms with Crippen molar-refractivity contribution in [3.05, 3.63) is 35.9 Å². The molecule has 0 amide bonds. The SMILES string of the molecule is CSCCCNC(=S)N(CCCc1ccccc1)CCN(C)C. The number of thioether (sulfide) groups is 1. The van der Waals surface area contributed by atoms with Crippen LogP contribution < -0.4 is 5.32 Å². The van der Waals surface area contributed by atoms with Crippen molar-refractivity contribution in [2.75, 3.05) is 52.3 Å². The molecular weight excluding hydrogens is 322 g/mol. The van der Waals surface area contributed by atoms with Crippen molar-refractivity contribution < 1.29 is 0 Å². The fourth-order valence-corrected chi connectivity index (χ4v) is 3.00. The summed E-state index contributed by atoms with van der Waals surface area (Å²) in [5, 5.41) is 4.32. The molecule has 0 aromatic heterocycles. The Morgan fingerprint density at radius 2 is 1.83 bits per heavy atom. The van der Waals surface area contributed by atoms with Crippen molar-refractivity contribution in [1.82, 2.24) is 15.1 Å². The highest BCUT2D eigenvalue weighted by molar-refractivity contribution is 7.98. The summed E-state index contributed by atoms with van der Waals surface area (Å²) in [6.45, 7) is 3.99. The molecule has 0 fully saturated rings. The summed E-state index contributed by atoms with van der Waals surface area (Å²) in [6.07, 6.45) is 5.54. The number of likely N-dealkylation sites (N-methyl/N-ethyl adjacent to an activating group) is 1. The molecule has 130 valence electrons. The Bertz CT molecular complexity index is 424. The van der Waals surface area contributed by atoms with E-state index in [4.69, 9.17) is 12.2 Å². The fraction of sp³-hybridized carbons (Fsp3) is 0.611. The molecule has 0 unspecified atom stereocenters. The summed E-state index contributed by atoms with van der Waals surface area (Å²) in [7, 11) is 4.22. The maximum Gasteiger partial charge on any atom is 0.168 e. The molecule has 0 saturated heterocycles. The van der Waals surface area contributed by atoms with E-state index >= 15 is 0 Å². The van der Waals surface area contributed by atoms with Crippen LogP contribution in [0.2, 0.25) is 0 Å². The van der Waals surface area contributed by atoms with Gasteiger partial charge >= 0.3 is 0 Å². The van der Waals surface area contributed by atoms with Crippen molar-refractivity contribution >= 4 is 29.1 Å². The van der Waals surface area contributed by atoms with Crippen LogP contribution in [-0.4, -0.2) is 67.2 Å². The molecule has 1 aromatic carbocycles. The average Bonchev–Trinajstić information content (AvgIpc) is 2.55. The van der Waals surface area contributed by atoms with Gasteiger partial charge in [-0.05, 0) is 63.1 Å². The molecule has 1 N–H and O–H groups in total. The number of rotatable bonds is 11. The first-order valence-electron chi connectivity index (χ1n) is 8.34. The van der Waals surface area contributed by atoms with Gasteiger partial charge in [-0.3, -0.25) is 0 Å². The summed E-state index contributed by atoms with van der Waals surface area (Å²) >= 11 is 7.48. The summed E-state index contributed by atoms with van der Waals surface area (Å²) < 4.78 is 0. The van der Waals surface area contributed by atoms with Gasteiger partial charge in [0, 0.05) is 26.2 Å². The van der Waals surface area contributed by atoms with E-state index < -0.39 is 0 Å². The first-order valence-corrected chi connectivity index (χ1v) is 10.1. The maximum absolute atomic E-state index is 5.60. The van der Waals surface area contributed by atoms with E-state index in [0.29, 0.717) is 0 Å². The number of benzene rings is 1. The van der Waals surface area contributed by atoms with Gasteiger partial charge in [0.05, 0.1) is 0 Å². The Labute approximate surface area is 151 Å². The van der Waals surface area contributed by atoms with Crippen molar-refractivity contribution in [2.45, 2.75) is 19.3 Å². The second kappa shape index (κ2) is 12.6. The minimum Gasteiger partial charge on any atom is -0.363 e. The second-order valence-corrected chi connectivity index (χ2v) is 7.33. The van der Waals surface area contributed by atoms with E-state index in [2.05, 4.69) is 65.8 Å². The van der Waals surface area contributed by atoms with E-state index in [1.54, 1.807) is 0 Å². The van der Waals surface area contributed by atoms with Gasteiger partial charge in [0.1, 0.15) is 0 Å². The van der Waals surface area contributed by atoms with Crippen molar-refractivity contribution in [1.29, 1.82) is 0 Å². The van der Waals surface area contributed by atoms with Gasteiger partial charge < -0.3 is 15.1 Å². The number of nitrogens with zero attached hydrogens (tertiary/aromatic N) is 2. The molecule has 5 heteroatoms. The normalized spacial score (nSPS) is 10.8. The highest BCUT2D eigenvalue weighted by Gasteiger charge is 2.09. The van der Waals surface area contributed by atoms with Crippen molar-refractivity contribution in [3.63, 3.8) is 0 Å². The fourth-order valence-electron chi connectivity index (χ4n) is 2.28. The molecule has 0 spiro atoms. The molecule has 0 heterocycles. The number of aryl methyl sites for hydroxylation is 1. The summed E-state index contributed by atoms with van der Waals surface area (Å²) in [5.41, 5.74) is 1.40. The number of thiocarbonyl (C=S) groups is 1. The van der Waals surface area contributed by atoms with E-state index in [9.17, 15) is 0 Å². The van der Waals surface area contributed by atoms with Crippen LogP contribution in [0.1, 0.15) is 18.4 Å². The summed E-state index contributed by atoms with van der Waals surface area (Å²) in [5.74, 6) is 1.18. The predicted molar refractivity (Wildman–Crippen MR) is 108 cm³/mol. The lowest BCUT2D eigenvalue weighted by atomic mass is 10.1. The first kappa shape index (κ1) is 20.3. The zero-order valence-corrected chi connectivity index (χ0v) is 16.4. The van der Waals surface area contributed by atoms with E-state index in [1.165, 1.54) is 11.3 Å². The Kier molecular flexibility index (Phi) is 11.1. The van der Waals surface area contributed by atoms with Gasteiger partial charge in [-0.2, -0.15) is 11.8 Å². The molecule has 0 aliphatic heterocycles. The predicted octanol–water partition coefficient (Wildman–Crippen LogP) is 3.11. The molecule has 0 aliphatic carbocycles. The molecule has 1 rings (SSSR count). The van der Waals surface area contributed by atoms with E-state index in [-0.39, 0.29) is 0 Å². The zero-order valence-electron chi connectivity index (χ0n) is 14.8. The minimum atomic E-state index is 0.904. The lowest BCUT2D eigenvalue weighted by Gasteiger charge is -2.27. The molecule has 0 saturated carbocycles. The molecule has 3 nitrogen and oxygen atoms in total. The highest BCUT2D eigenvalue weighted by atomic mass is 32.2. The minimum absolute atomic E-state index is 0.904. The van der Waals surface area contributed by atoms with Crippen LogP contribution in [0, 0.1) is 0 Å². The molecule has 0 aliphatic rings. The van der Waals surface area contributed by atoms with Crippen LogP contribution in [-0.2, 0) is 6.42 Å². The molecule has 0 atom stereocenters.